The first-order valence-electron chi connectivity index (χ1n) is 5.02. The summed E-state index contributed by atoms with van der Waals surface area (Å²) in [6.07, 6.45) is 0.727. The highest BCUT2D eigenvalue weighted by Crippen LogP contribution is 2.22. The van der Waals surface area contributed by atoms with Crippen LogP contribution < -0.4 is 5.73 Å². The number of hydrogen-bond donors (Lipinski definition) is 1. The van der Waals surface area contributed by atoms with Crippen molar-refractivity contribution in [1.82, 2.24) is 0 Å². The molecule has 0 aliphatic rings. The Balaban J connectivity index is 3.43. The van der Waals surface area contributed by atoms with Crippen LogP contribution in [0.5, 0.6) is 0 Å². The largest absolute Gasteiger partial charge is 0.465 e. The van der Waals surface area contributed by atoms with Crippen molar-refractivity contribution in [3.8, 4) is 0 Å². The summed E-state index contributed by atoms with van der Waals surface area (Å²) in [6.45, 7) is 3.36. The zero-order chi connectivity index (χ0) is 12.3. The lowest BCUT2D eigenvalue weighted by Gasteiger charge is -2.10. The molecular weight excluding hydrogens is 206 g/mol. The van der Waals surface area contributed by atoms with Gasteiger partial charge in [0.05, 0.1) is 18.4 Å². The first kappa shape index (κ1) is 12.2. The van der Waals surface area contributed by atoms with Crippen LogP contribution in [-0.4, -0.2) is 18.9 Å². The van der Waals surface area contributed by atoms with Crippen molar-refractivity contribution in [3.63, 3.8) is 0 Å². The van der Waals surface area contributed by atoms with Gasteiger partial charge in [-0.2, -0.15) is 0 Å². The molecule has 0 fully saturated rings. The molecule has 0 aliphatic carbocycles. The number of anilines is 1. The molecule has 4 heteroatoms. The maximum atomic E-state index is 11.5. The standard InChI is InChI=1S/C12H15NO3/c1-4-8-5-9(7(2)14)11(13)10(6-8)12(15)16-3/h5-6H,4,13H2,1-3H3. The summed E-state index contributed by atoms with van der Waals surface area (Å²) in [7, 11) is 1.29. The first-order chi connectivity index (χ1) is 7.51. The Hall–Kier alpha value is -1.84. The molecule has 0 amide bonds. The van der Waals surface area contributed by atoms with Crippen LogP contribution in [0.1, 0.15) is 40.1 Å². The van der Waals surface area contributed by atoms with Crippen molar-refractivity contribution in [3.05, 3.63) is 28.8 Å². The maximum Gasteiger partial charge on any atom is 0.339 e. The van der Waals surface area contributed by atoms with Gasteiger partial charge in [0.25, 0.3) is 0 Å². The van der Waals surface area contributed by atoms with E-state index in [1.54, 1.807) is 12.1 Å². The van der Waals surface area contributed by atoms with E-state index in [9.17, 15) is 9.59 Å². The summed E-state index contributed by atoms with van der Waals surface area (Å²) in [4.78, 5) is 22.8. The van der Waals surface area contributed by atoms with Crippen LogP contribution in [0.15, 0.2) is 12.1 Å². The van der Waals surface area contributed by atoms with Gasteiger partial charge in [0, 0.05) is 5.56 Å². The molecule has 0 saturated heterocycles. The minimum absolute atomic E-state index is 0.155. The van der Waals surface area contributed by atoms with Crippen LogP contribution in [0.25, 0.3) is 0 Å². The molecule has 0 bridgehead atoms. The number of rotatable bonds is 3. The number of Topliss-reactive ketones (excluding diaryl/α,β-unsaturated/α-hetero) is 1. The number of esters is 1. The number of hydrogen-bond acceptors (Lipinski definition) is 4. The summed E-state index contributed by atoms with van der Waals surface area (Å²) in [5, 5.41) is 0. The first-order valence-corrected chi connectivity index (χ1v) is 5.02. The highest BCUT2D eigenvalue weighted by molar-refractivity contribution is 6.05. The van der Waals surface area contributed by atoms with Crippen LogP contribution in [0, 0.1) is 0 Å². The van der Waals surface area contributed by atoms with Gasteiger partial charge in [-0.1, -0.05) is 6.92 Å². The van der Waals surface area contributed by atoms with Crippen molar-refractivity contribution in [1.29, 1.82) is 0 Å². The number of benzene rings is 1. The number of ketones is 1. The Morgan fingerprint density at radius 1 is 1.31 bits per heavy atom. The second kappa shape index (κ2) is 4.79. The third-order valence-corrected chi connectivity index (χ3v) is 2.43. The van der Waals surface area contributed by atoms with Crippen molar-refractivity contribution >= 4 is 17.4 Å². The average molecular weight is 221 g/mol. The zero-order valence-corrected chi connectivity index (χ0v) is 9.66. The minimum Gasteiger partial charge on any atom is -0.465 e. The van der Waals surface area contributed by atoms with Crippen molar-refractivity contribution in [2.45, 2.75) is 20.3 Å². The van der Waals surface area contributed by atoms with Crippen molar-refractivity contribution < 1.29 is 14.3 Å². The Kier molecular flexibility index (Phi) is 3.66. The lowest BCUT2D eigenvalue weighted by Crippen LogP contribution is -2.11. The Bertz CT molecular complexity index is 438. The van der Waals surface area contributed by atoms with Gasteiger partial charge in [-0.05, 0) is 31.0 Å². The number of nitrogen functional groups attached to an aromatic ring is 1. The predicted octanol–water partition coefficient (Wildman–Crippen LogP) is 1.82. The van der Waals surface area contributed by atoms with E-state index in [0.717, 1.165) is 12.0 Å². The second-order valence-electron chi connectivity index (χ2n) is 3.51. The maximum absolute atomic E-state index is 11.5. The smallest absolute Gasteiger partial charge is 0.339 e. The number of ether oxygens (including phenoxy) is 1. The van der Waals surface area contributed by atoms with Crippen LogP contribution in [0.2, 0.25) is 0 Å². The molecule has 0 aromatic heterocycles. The highest BCUT2D eigenvalue weighted by atomic mass is 16.5. The monoisotopic (exact) mass is 221 g/mol. The van der Waals surface area contributed by atoms with E-state index in [0.29, 0.717) is 5.56 Å². The number of carbonyl (C=O) groups excluding carboxylic acids is 2. The quantitative estimate of drug-likeness (QED) is 0.480. The summed E-state index contributed by atoms with van der Waals surface area (Å²) < 4.78 is 4.62. The molecule has 0 heterocycles. The summed E-state index contributed by atoms with van der Waals surface area (Å²) in [6, 6.07) is 3.37. The number of methoxy groups -OCH3 is 1. The molecule has 1 aromatic carbocycles. The molecule has 1 aromatic rings. The van der Waals surface area contributed by atoms with Crippen molar-refractivity contribution in [2.75, 3.05) is 12.8 Å². The summed E-state index contributed by atoms with van der Waals surface area (Å²) >= 11 is 0. The van der Waals surface area contributed by atoms with Gasteiger partial charge >= 0.3 is 5.97 Å². The highest BCUT2D eigenvalue weighted by Gasteiger charge is 2.16. The second-order valence-corrected chi connectivity index (χ2v) is 3.51. The molecule has 0 aliphatic heterocycles. The van der Waals surface area contributed by atoms with Gasteiger partial charge in [-0.15, -0.1) is 0 Å². The molecule has 0 saturated carbocycles. The van der Waals surface area contributed by atoms with Crippen LogP contribution >= 0.6 is 0 Å². The molecule has 0 unspecified atom stereocenters. The molecule has 0 atom stereocenters. The third kappa shape index (κ3) is 2.21. The average Bonchev–Trinajstić information content (AvgIpc) is 2.28. The molecule has 1 rings (SSSR count). The fraction of sp³-hybridized carbons (Fsp3) is 0.333. The summed E-state index contributed by atoms with van der Waals surface area (Å²) in [5.41, 5.74) is 7.47. The molecule has 86 valence electrons. The van der Waals surface area contributed by atoms with Crippen LogP contribution in [0.3, 0.4) is 0 Å². The van der Waals surface area contributed by atoms with Gasteiger partial charge in [-0.3, -0.25) is 4.79 Å². The minimum atomic E-state index is -0.518. The van der Waals surface area contributed by atoms with E-state index in [-0.39, 0.29) is 17.0 Å². The topological polar surface area (TPSA) is 69.4 Å². The zero-order valence-electron chi connectivity index (χ0n) is 9.66. The SMILES string of the molecule is CCc1cc(C(C)=O)c(N)c(C(=O)OC)c1. The molecule has 0 radical (unpaired) electrons. The van der Waals surface area contributed by atoms with E-state index in [2.05, 4.69) is 4.74 Å². The Labute approximate surface area is 94.4 Å². The van der Waals surface area contributed by atoms with Gasteiger partial charge in [0.15, 0.2) is 5.78 Å². The van der Waals surface area contributed by atoms with Gasteiger partial charge in [-0.25, -0.2) is 4.79 Å². The molecular formula is C12H15NO3. The van der Waals surface area contributed by atoms with E-state index < -0.39 is 5.97 Å². The van der Waals surface area contributed by atoms with E-state index in [1.165, 1.54) is 14.0 Å². The molecule has 16 heavy (non-hydrogen) atoms. The van der Waals surface area contributed by atoms with Crippen LogP contribution in [0.4, 0.5) is 5.69 Å². The number of carbonyl (C=O) groups is 2. The fourth-order valence-corrected chi connectivity index (χ4v) is 1.49. The van der Waals surface area contributed by atoms with E-state index in [4.69, 9.17) is 5.73 Å². The molecule has 0 spiro atoms. The fourth-order valence-electron chi connectivity index (χ4n) is 1.49. The van der Waals surface area contributed by atoms with Gasteiger partial charge in [0.2, 0.25) is 0 Å². The predicted molar refractivity (Wildman–Crippen MR) is 61.6 cm³/mol. The summed E-state index contributed by atoms with van der Waals surface area (Å²) in [5.74, 6) is -0.673. The Morgan fingerprint density at radius 2 is 1.88 bits per heavy atom. The lowest BCUT2D eigenvalue weighted by molar-refractivity contribution is 0.0602. The third-order valence-electron chi connectivity index (χ3n) is 2.43. The normalized spacial score (nSPS) is 9.94. The van der Waals surface area contributed by atoms with Crippen molar-refractivity contribution in [2.24, 2.45) is 0 Å². The van der Waals surface area contributed by atoms with Gasteiger partial charge < -0.3 is 10.5 Å². The van der Waals surface area contributed by atoms with Crippen LogP contribution in [-0.2, 0) is 11.2 Å². The van der Waals surface area contributed by atoms with E-state index >= 15 is 0 Å². The molecule has 4 nitrogen and oxygen atoms in total. The molecule has 2 N–H and O–H groups in total. The number of aryl methyl sites for hydroxylation is 1. The van der Waals surface area contributed by atoms with Gasteiger partial charge in [0.1, 0.15) is 0 Å². The lowest BCUT2D eigenvalue weighted by atomic mass is 9.99. The Morgan fingerprint density at radius 3 is 2.31 bits per heavy atom. The van der Waals surface area contributed by atoms with E-state index in [1.807, 2.05) is 6.92 Å². The number of nitrogens with two attached hydrogens (primary N) is 1.